The Labute approximate surface area is 112 Å². The predicted molar refractivity (Wildman–Crippen MR) is 76.3 cm³/mol. The lowest BCUT2D eigenvalue weighted by atomic mass is 10.1. The summed E-state index contributed by atoms with van der Waals surface area (Å²) in [6.07, 6.45) is 0. The Morgan fingerprint density at radius 2 is 2.11 bits per heavy atom. The Morgan fingerprint density at radius 1 is 1.39 bits per heavy atom. The van der Waals surface area contributed by atoms with Gasteiger partial charge >= 0.3 is 5.97 Å². The van der Waals surface area contributed by atoms with Gasteiger partial charge in [-0.2, -0.15) is 11.8 Å². The lowest BCUT2D eigenvalue weighted by molar-refractivity contribution is 0.0526. The minimum absolute atomic E-state index is 0.256. The standard InChI is InChI=1S/C14H19NO2S/c1-3-17-14(16)11-4-6-12(7-5-11)15-13-9-18-8-10(13)2/h4-7,10,13,15H,3,8-9H2,1-2H3. The number of carbonyl (C=O) groups is 1. The molecule has 1 saturated heterocycles. The number of anilines is 1. The zero-order valence-corrected chi connectivity index (χ0v) is 11.6. The molecule has 1 aliphatic heterocycles. The van der Waals surface area contributed by atoms with Gasteiger partial charge in [-0.25, -0.2) is 4.79 Å². The van der Waals surface area contributed by atoms with Crippen LogP contribution in [0.25, 0.3) is 0 Å². The van der Waals surface area contributed by atoms with E-state index >= 15 is 0 Å². The summed E-state index contributed by atoms with van der Waals surface area (Å²) in [6, 6.07) is 8.05. The molecule has 4 heteroatoms. The number of rotatable bonds is 4. The minimum atomic E-state index is -0.256. The van der Waals surface area contributed by atoms with Crippen LogP contribution in [0.15, 0.2) is 24.3 Å². The molecule has 0 spiro atoms. The predicted octanol–water partition coefficient (Wildman–Crippen LogP) is 3.03. The van der Waals surface area contributed by atoms with Gasteiger partial charge in [-0.3, -0.25) is 0 Å². The maximum absolute atomic E-state index is 11.5. The van der Waals surface area contributed by atoms with Crippen LogP contribution in [0, 0.1) is 5.92 Å². The van der Waals surface area contributed by atoms with Crippen molar-refractivity contribution in [1.29, 1.82) is 0 Å². The monoisotopic (exact) mass is 265 g/mol. The highest BCUT2D eigenvalue weighted by Gasteiger charge is 2.23. The number of nitrogens with one attached hydrogen (secondary N) is 1. The summed E-state index contributed by atoms with van der Waals surface area (Å²) in [6.45, 7) is 4.49. The molecule has 0 saturated carbocycles. The van der Waals surface area contributed by atoms with Gasteiger partial charge < -0.3 is 10.1 Å². The van der Waals surface area contributed by atoms with Crippen LogP contribution < -0.4 is 5.32 Å². The second-order valence-corrected chi connectivity index (χ2v) is 5.64. The minimum Gasteiger partial charge on any atom is -0.462 e. The molecule has 1 aromatic carbocycles. The van der Waals surface area contributed by atoms with Crippen LogP contribution in [0.4, 0.5) is 5.69 Å². The van der Waals surface area contributed by atoms with Crippen LogP contribution in [0.3, 0.4) is 0 Å². The molecule has 98 valence electrons. The van der Waals surface area contributed by atoms with E-state index in [1.807, 2.05) is 43.0 Å². The van der Waals surface area contributed by atoms with Crippen molar-refractivity contribution in [3.63, 3.8) is 0 Å². The van der Waals surface area contributed by atoms with E-state index in [1.165, 1.54) is 5.75 Å². The quantitative estimate of drug-likeness (QED) is 0.849. The summed E-state index contributed by atoms with van der Waals surface area (Å²) in [4.78, 5) is 11.5. The molecule has 1 aliphatic rings. The molecule has 0 radical (unpaired) electrons. The number of hydrogen-bond donors (Lipinski definition) is 1. The highest BCUT2D eigenvalue weighted by atomic mass is 32.2. The largest absolute Gasteiger partial charge is 0.462 e. The van der Waals surface area contributed by atoms with E-state index in [9.17, 15) is 4.79 Å². The topological polar surface area (TPSA) is 38.3 Å². The maximum Gasteiger partial charge on any atom is 0.338 e. The van der Waals surface area contributed by atoms with Crippen molar-refractivity contribution in [3.05, 3.63) is 29.8 Å². The van der Waals surface area contributed by atoms with Crippen LogP contribution in [0.5, 0.6) is 0 Å². The van der Waals surface area contributed by atoms with Gasteiger partial charge in [0.1, 0.15) is 0 Å². The second kappa shape index (κ2) is 6.14. The second-order valence-electron chi connectivity index (χ2n) is 4.56. The molecule has 1 aromatic rings. The molecule has 1 heterocycles. The molecule has 0 bridgehead atoms. The molecule has 1 N–H and O–H groups in total. The normalized spacial score (nSPS) is 22.8. The van der Waals surface area contributed by atoms with E-state index < -0.39 is 0 Å². The van der Waals surface area contributed by atoms with Gasteiger partial charge in [-0.15, -0.1) is 0 Å². The summed E-state index contributed by atoms with van der Waals surface area (Å²) >= 11 is 1.99. The molecular formula is C14H19NO2S. The van der Waals surface area contributed by atoms with Gasteiger partial charge in [0.15, 0.2) is 0 Å². The van der Waals surface area contributed by atoms with Gasteiger partial charge in [0, 0.05) is 17.5 Å². The van der Waals surface area contributed by atoms with Crippen LogP contribution in [0.2, 0.25) is 0 Å². The Hall–Kier alpha value is -1.16. The SMILES string of the molecule is CCOC(=O)c1ccc(NC2CSCC2C)cc1. The molecule has 0 aliphatic carbocycles. The van der Waals surface area contributed by atoms with Crippen molar-refractivity contribution in [2.45, 2.75) is 19.9 Å². The van der Waals surface area contributed by atoms with Gasteiger partial charge in [-0.1, -0.05) is 6.92 Å². The first-order chi connectivity index (χ1) is 8.70. The van der Waals surface area contributed by atoms with Crippen LogP contribution in [-0.2, 0) is 4.74 Å². The van der Waals surface area contributed by atoms with E-state index in [2.05, 4.69) is 12.2 Å². The Bertz CT molecular complexity index is 405. The van der Waals surface area contributed by atoms with Gasteiger partial charge in [0.05, 0.1) is 12.2 Å². The number of ether oxygens (including phenoxy) is 1. The van der Waals surface area contributed by atoms with E-state index in [0.29, 0.717) is 24.1 Å². The van der Waals surface area contributed by atoms with Crippen LogP contribution >= 0.6 is 11.8 Å². The fourth-order valence-corrected chi connectivity index (χ4v) is 3.38. The maximum atomic E-state index is 11.5. The molecule has 2 rings (SSSR count). The van der Waals surface area contributed by atoms with Gasteiger partial charge in [0.2, 0.25) is 0 Å². The summed E-state index contributed by atoms with van der Waals surface area (Å²) in [7, 11) is 0. The number of thioether (sulfide) groups is 1. The Kier molecular flexibility index (Phi) is 4.53. The number of hydrogen-bond acceptors (Lipinski definition) is 4. The number of benzene rings is 1. The smallest absolute Gasteiger partial charge is 0.338 e. The molecule has 0 amide bonds. The average molecular weight is 265 g/mol. The summed E-state index contributed by atoms with van der Waals surface area (Å²) < 4.78 is 4.96. The molecule has 2 unspecified atom stereocenters. The van der Waals surface area contributed by atoms with Crippen LogP contribution in [0.1, 0.15) is 24.2 Å². The first-order valence-corrected chi connectivity index (χ1v) is 7.47. The van der Waals surface area contributed by atoms with Crippen molar-refractivity contribution in [1.82, 2.24) is 0 Å². The third-order valence-electron chi connectivity index (χ3n) is 3.11. The lowest BCUT2D eigenvalue weighted by Gasteiger charge is -2.17. The summed E-state index contributed by atoms with van der Waals surface area (Å²) in [5.41, 5.74) is 1.68. The van der Waals surface area contributed by atoms with E-state index in [4.69, 9.17) is 4.74 Å². The molecule has 0 aromatic heterocycles. The zero-order chi connectivity index (χ0) is 13.0. The molecule has 3 nitrogen and oxygen atoms in total. The van der Waals surface area contributed by atoms with Crippen molar-refractivity contribution in [2.24, 2.45) is 5.92 Å². The van der Waals surface area contributed by atoms with E-state index in [1.54, 1.807) is 0 Å². The fraction of sp³-hybridized carbons (Fsp3) is 0.500. The first-order valence-electron chi connectivity index (χ1n) is 6.32. The summed E-state index contributed by atoms with van der Waals surface area (Å²) in [5, 5.41) is 3.52. The van der Waals surface area contributed by atoms with Gasteiger partial charge in [0.25, 0.3) is 0 Å². The Balaban J connectivity index is 1.97. The van der Waals surface area contributed by atoms with E-state index in [0.717, 1.165) is 11.4 Å². The third-order valence-corrected chi connectivity index (χ3v) is 4.47. The highest BCUT2D eigenvalue weighted by Crippen LogP contribution is 2.26. The molecule has 2 atom stereocenters. The van der Waals surface area contributed by atoms with Crippen molar-refractivity contribution >= 4 is 23.4 Å². The fourth-order valence-electron chi connectivity index (χ4n) is 1.98. The summed E-state index contributed by atoms with van der Waals surface area (Å²) in [5.74, 6) is 2.81. The number of esters is 1. The third kappa shape index (κ3) is 3.19. The van der Waals surface area contributed by atoms with Crippen molar-refractivity contribution in [2.75, 3.05) is 23.4 Å². The zero-order valence-electron chi connectivity index (χ0n) is 10.8. The molecule has 1 fully saturated rings. The first kappa shape index (κ1) is 13.3. The number of carbonyl (C=O) groups excluding carboxylic acids is 1. The molecule has 18 heavy (non-hydrogen) atoms. The molecular weight excluding hydrogens is 246 g/mol. The highest BCUT2D eigenvalue weighted by molar-refractivity contribution is 7.99. The lowest BCUT2D eigenvalue weighted by Crippen LogP contribution is -2.25. The van der Waals surface area contributed by atoms with Crippen LogP contribution in [-0.4, -0.2) is 30.1 Å². The van der Waals surface area contributed by atoms with Crippen molar-refractivity contribution < 1.29 is 9.53 Å². The average Bonchev–Trinajstić information content (AvgIpc) is 2.76. The van der Waals surface area contributed by atoms with E-state index in [-0.39, 0.29) is 5.97 Å². The van der Waals surface area contributed by atoms with Gasteiger partial charge in [-0.05, 0) is 42.9 Å². The Morgan fingerprint density at radius 3 is 2.67 bits per heavy atom. The van der Waals surface area contributed by atoms with Crippen molar-refractivity contribution in [3.8, 4) is 0 Å².